The van der Waals surface area contributed by atoms with E-state index in [2.05, 4.69) is 9.88 Å². The van der Waals surface area contributed by atoms with Crippen molar-refractivity contribution < 1.29 is 28.3 Å². The zero-order chi connectivity index (χ0) is 27.7. The number of quaternary nitrogens is 1. The van der Waals surface area contributed by atoms with Crippen LogP contribution in [0.5, 0.6) is 5.75 Å². The third kappa shape index (κ3) is 5.11. The first kappa shape index (κ1) is 27.1. The number of ether oxygens (including phenoxy) is 1. The van der Waals surface area contributed by atoms with Crippen molar-refractivity contribution in [1.29, 1.82) is 0 Å². The highest BCUT2D eigenvalue weighted by molar-refractivity contribution is 6.34. The fourth-order valence-electron chi connectivity index (χ4n) is 6.34. The molecule has 2 atom stereocenters. The normalized spacial score (nSPS) is 19.2. The molecule has 39 heavy (non-hydrogen) atoms. The van der Waals surface area contributed by atoms with E-state index < -0.39 is 12.0 Å². The molecule has 0 spiro atoms. The maximum Gasteiger partial charge on any atom is 0.511 e. The average Bonchev–Trinajstić information content (AvgIpc) is 2.94. The van der Waals surface area contributed by atoms with Crippen LogP contribution in [0.25, 0.3) is 0 Å². The fourth-order valence-corrected chi connectivity index (χ4v) is 6.58. The van der Waals surface area contributed by atoms with E-state index in [0.717, 1.165) is 42.7 Å². The van der Waals surface area contributed by atoms with Gasteiger partial charge in [-0.05, 0) is 61.2 Å². The number of halogens is 2. The maximum atomic E-state index is 15.3. The number of anilines is 1. The van der Waals surface area contributed by atoms with E-state index in [4.69, 9.17) is 16.3 Å². The van der Waals surface area contributed by atoms with Gasteiger partial charge in [-0.2, -0.15) is 0 Å². The van der Waals surface area contributed by atoms with Crippen LogP contribution < -0.4 is 9.64 Å². The summed E-state index contributed by atoms with van der Waals surface area (Å²) in [5, 5.41) is 9.33. The molecule has 1 N–H and O–H groups in total. The summed E-state index contributed by atoms with van der Waals surface area (Å²) in [6.07, 6.45) is 5.94. The minimum atomic E-state index is -1.40. The molecule has 1 amide bonds. The predicted octanol–water partition coefficient (Wildman–Crippen LogP) is 6.57. The van der Waals surface area contributed by atoms with Gasteiger partial charge < -0.3 is 14.7 Å². The van der Waals surface area contributed by atoms with E-state index in [9.17, 15) is 14.7 Å². The largest absolute Gasteiger partial charge is 0.511 e. The molecule has 1 aromatic heterocycles. The van der Waals surface area contributed by atoms with Gasteiger partial charge in [0.25, 0.3) is 0 Å². The highest BCUT2D eigenvalue weighted by Crippen LogP contribution is 2.45. The van der Waals surface area contributed by atoms with Gasteiger partial charge >= 0.3 is 12.1 Å². The van der Waals surface area contributed by atoms with Crippen molar-refractivity contribution in [2.45, 2.75) is 51.1 Å². The SMILES string of the molecule is Cc1ccc(F)c(C(=O)[N+](C)(C2CCN(c3ccncc3)CC2)C2CCCc3ccc(OC(=O)O)cc32)c1Cl. The number of carbonyl (C=O) groups is 2. The topological polar surface area (TPSA) is 79.7 Å². The Labute approximate surface area is 232 Å². The molecule has 2 aromatic carbocycles. The number of amides is 1. The minimum absolute atomic E-state index is 0.0478. The lowest BCUT2D eigenvalue weighted by molar-refractivity contribution is -0.888. The highest BCUT2D eigenvalue weighted by Gasteiger charge is 2.51. The lowest BCUT2D eigenvalue weighted by atomic mass is 9.82. The van der Waals surface area contributed by atoms with E-state index in [0.29, 0.717) is 24.8 Å². The summed E-state index contributed by atoms with van der Waals surface area (Å²) in [6.45, 7) is 3.24. The van der Waals surface area contributed by atoms with E-state index in [1.165, 1.54) is 6.07 Å². The molecule has 0 radical (unpaired) electrons. The van der Waals surface area contributed by atoms with Crippen molar-refractivity contribution in [2.24, 2.45) is 0 Å². The summed E-state index contributed by atoms with van der Waals surface area (Å²) in [4.78, 5) is 32.2. The maximum absolute atomic E-state index is 15.3. The van der Waals surface area contributed by atoms with Gasteiger partial charge in [-0.25, -0.2) is 18.5 Å². The Morgan fingerprint density at radius 3 is 2.51 bits per heavy atom. The van der Waals surface area contributed by atoms with E-state index >= 15 is 4.39 Å². The number of rotatable bonds is 5. The quantitative estimate of drug-likeness (QED) is 0.219. The lowest BCUT2D eigenvalue weighted by Crippen LogP contribution is -2.61. The number of aryl methyl sites for hydroxylation is 2. The van der Waals surface area contributed by atoms with Crippen molar-refractivity contribution in [2.75, 3.05) is 25.0 Å². The number of carboxylic acid groups (broad SMARTS) is 1. The number of hydrogen-bond acceptors (Lipinski definition) is 5. The molecule has 7 nitrogen and oxygen atoms in total. The van der Waals surface area contributed by atoms with Crippen LogP contribution in [-0.4, -0.2) is 52.8 Å². The monoisotopic (exact) mass is 552 g/mol. The van der Waals surface area contributed by atoms with Crippen molar-refractivity contribution in [3.63, 3.8) is 0 Å². The van der Waals surface area contributed by atoms with Gasteiger partial charge in [0.05, 0.1) is 18.1 Å². The van der Waals surface area contributed by atoms with Gasteiger partial charge in [-0.15, -0.1) is 0 Å². The molecule has 9 heteroatoms. The van der Waals surface area contributed by atoms with Gasteiger partial charge in [0.1, 0.15) is 23.2 Å². The lowest BCUT2D eigenvalue weighted by Gasteiger charge is -2.49. The Balaban J connectivity index is 1.58. The zero-order valence-electron chi connectivity index (χ0n) is 22.1. The number of pyridine rings is 1. The molecular formula is C30H32ClFN3O4+. The summed E-state index contributed by atoms with van der Waals surface area (Å²) < 4.78 is 20.3. The first-order chi connectivity index (χ1) is 18.7. The van der Waals surface area contributed by atoms with Crippen LogP contribution in [-0.2, 0) is 6.42 Å². The van der Waals surface area contributed by atoms with E-state index in [-0.39, 0.29) is 38.8 Å². The number of hydrogen-bond donors (Lipinski definition) is 1. The second kappa shape index (κ2) is 10.9. The Bertz CT molecular complexity index is 1390. The van der Waals surface area contributed by atoms with Gasteiger partial charge in [0.15, 0.2) is 0 Å². The Morgan fingerprint density at radius 2 is 1.82 bits per heavy atom. The van der Waals surface area contributed by atoms with Crippen molar-refractivity contribution >= 4 is 29.4 Å². The summed E-state index contributed by atoms with van der Waals surface area (Å²) in [7, 11) is 1.90. The Kier molecular flexibility index (Phi) is 7.60. The smallest absolute Gasteiger partial charge is 0.449 e. The zero-order valence-corrected chi connectivity index (χ0v) is 22.8. The molecule has 2 unspecified atom stereocenters. The summed E-state index contributed by atoms with van der Waals surface area (Å²) in [5.74, 6) is -0.779. The first-order valence-corrected chi connectivity index (χ1v) is 13.6. The molecular weight excluding hydrogens is 521 g/mol. The van der Waals surface area contributed by atoms with E-state index in [1.54, 1.807) is 37.5 Å². The third-order valence-corrected chi connectivity index (χ3v) is 8.93. The minimum Gasteiger partial charge on any atom is -0.449 e. The molecule has 1 saturated heterocycles. The van der Waals surface area contributed by atoms with Crippen LogP contribution >= 0.6 is 11.6 Å². The second-order valence-corrected chi connectivity index (χ2v) is 10.9. The number of carbonyl (C=O) groups excluding carboxylic acids is 1. The van der Waals surface area contributed by atoms with Crippen LogP contribution in [0.1, 0.15) is 58.8 Å². The van der Waals surface area contributed by atoms with E-state index in [1.807, 2.05) is 25.2 Å². The number of aromatic nitrogens is 1. The molecule has 3 aromatic rings. The molecule has 2 heterocycles. The van der Waals surface area contributed by atoms with Crippen molar-refractivity contribution in [3.8, 4) is 5.75 Å². The third-order valence-electron chi connectivity index (χ3n) is 8.44. The van der Waals surface area contributed by atoms with Gasteiger partial charge in [0, 0.05) is 56.0 Å². The number of piperidine rings is 1. The highest BCUT2D eigenvalue weighted by atomic mass is 35.5. The van der Waals surface area contributed by atoms with Crippen LogP contribution in [0, 0.1) is 12.7 Å². The standard InChI is InChI=1S/C30H31ClFN3O4/c1-19-6-9-25(32)27(28(19)31)29(36)35(2,22-12-16-34(17-13-22)21-10-14-33-15-11-21)26-5-3-4-20-7-8-23(18-24(20)26)39-30(37)38/h6-11,14-15,18,22,26H,3-5,12-13,16-17H2,1-2H3/p+1. The van der Waals surface area contributed by atoms with Crippen LogP contribution in [0.2, 0.25) is 5.02 Å². The molecule has 1 aliphatic carbocycles. The predicted molar refractivity (Wildman–Crippen MR) is 147 cm³/mol. The van der Waals surface area contributed by atoms with Crippen LogP contribution in [0.4, 0.5) is 14.9 Å². The Morgan fingerprint density at radius 1 is 1.10 bits per heavy atom. The van der Waals surface area contributed by atoms with Gasteiger partial charge in [-0.3, -0.25) is 4.98 Å². The molecule has 5 rings (SSSR count). The summed E-state index contributed by atoms with van der Waals surface area (Å²) in [6, 6.07) is 11.7. The van der Waals surface area contributed by atoms with Gasteiger partial charge in [0.2, 0.25) is 0 Å². The second-order valence-electron chi connectivity index (χ2n) is 10.6. The molecule has 1 fully saturated rings. The van der Waals surface area contributed by atoms with Crippen molar-refractivity contribution in [1.82, 2.24) is 4.98 Å². The summed E-state index contributed by atoms with van der Waals surface area (Å²) in [5.41, 5.74) is 3.56. The number of fused-ring (bicyclic) bond motifs is 1. The Hall–Kier alpha value is -3.49. The molecule has 204 valence electrons. The number of nitrogens with zero attached hydrogens (tertiary/aromatic N) is 3. The van der Waals surface area contributed by atoms with Crippen LogP contribution in [0.3, 0.4) is 0 Å². The molecule has 2 aliphatic rings. The molecule has 1 aliphatic heterocycles. The van der Waals surface area contributed by atoms with Crippen molar-refractivity contribution in [3.05, 3.63) is 88.0 Å². The molecule has 0 saturated carbocycles. The van der Waals surface area contributed by atoms with Crippen LogP contribution in [0.15, 0.2) is 54.9 Å². The van der Waals surface area contributed by atoms with Gasteiger partial charge in [-0.1, -0.05) is 23.7 Å². The number of benzene rings is 2. The fraction of sp³-hybridized carbons (Fsp3) is 0.367. The first-order valence-electron chi connectivity index (χ1n) is 13.2. The molecule has 0 bridgehead atoms. The summed E-state index contributed by atoms with van der Waals surface area (Å²) >= 11 is 6.59. The average molecular weight is 553 g/mol.